The first-order valence-electron chi connectivity index (χ1n) is 5.32. The lowest BCUT2D eigenvalue weighted by molar-refractivity contribution is 0.0696. The molecule has 0 spiro atoms. The predicted molar refractivity (Wildman–Crippen MR) is 71.1 cm³/mol. The fourth-order valence-corrected chi connectivity index (χ4v) is 2.80. The van der Waals surface area contributed by atoms with E-state index in [4.69, 9.17) is 5.11 Å². The summed E-state index contributed by atoms with van der Waals surface area (Å²) < 4.78 is 0. The molecule has 2 aromatic heterocycles. The molecule has 0 fully saturated rings. The Labute approximate surface area is 113 Å². The second-order valence-electron chi connectivity index (χ2n) is 4.26. The van der Waals surface area contributed by atoms with Gasteiger partial charge in [0, 0.05) is 23.5 Å². The van der Waals surface area contributed by atoms with E-state index in [1.165, 1.54) is 0 Å². The number of carboxylic acids is 1. The Morgan fingerprint density at radius 1 is 1.50 bits per heavy atom. The molecule has 0 saturated carbocycles. The van der Waals surface area contributed by atoms with Gasteiger partial charge in [0.15, 0.2) is 0 Å². The molecular weight excluding hydrogens is 270 g/mol. The third kappa shape index (κ3) is 2.92. The van der Waals surface area contributed by atoms with Gasteiger partial charge in [0.1, 0.15) is 5.01 Å². The molecule has 0 aliphatic heterocycles. The molecule has 0 amide bonds. The van der Waals surface area contributed by atoms with E-state index in [2.05, 4.69) is 15.3 Å². The number of nitrogens with zero attached hydrogens (tertiary/aromatic N) is 2. The van der Waals surface area contributed by atoms with E-state index in [9.17, 15) is 4.79 Å². The van der Waals surface area contributed by atoms with E-state index in [1.54, 1.807) is 22.9 Å². The first-order chi connectivity index (χ1) is 8.49. The topological polar surface area (TPSA) is 75.1 Å². The molecule has 2 rings (SSSR count). The summed E-state index contributed by atoms with van der Waals surface area (Å²) in [7, 11) is 0. The van der Waals surface area contributed by atoms with Crippen LogP contribution in [0.4, 0.5) is 0 Å². The van der Waals surface area contributed by atoms with Crippen molar-refractivity contribution in [1.82, 2.24) is 15.3 Å². The zero-order valence-corrected chi connectivity index (χ0v) is 11.6. The summed E-state index contributed by atoms with van der Waals surface area (Å²) in [4.78, 5) is 19.0. The summed E-state index contributed by atoms with van der Waals surface area (Å²) in [6.07, 6.45) is 1.77. The maximum absolute atomic E-state index is 10.7. The SMILES string of the molecule is CC(C)(NCc1csc(C(=O)O)n1)c1nccs1. The van der Waals surface area contributed by atoms with Gasteiger partial charge in [0.05, 0.1) is 11.2 Å². The zero-order valence-electron chi connectivity index (χ0n) is 10.0. The van der Waals surface area contributed by atoms with Crippen LogP contribution >= 0.6 is 22.7 Å². The van der Waals surface area contributed by atoms with Crippen LogP contribution in [0.15, 0.2) is 17.0 Å². The second-order valence-corrected chi connectivity index (χ2v) is 6.02. The van der Waals surface area contributed by atoms with Crippen LogP contribution in [-0.4, -0.2) is 21.0 Å². The minimum atomic E-state index is -0.981. The molecule has 0 aliphatic carbocycles. The number of nitrogens with one attached hydrogen (secondary N) is 1. The highest BCUT2D eigenvalue weighted by molar-refractivity contribution is 7.11. The third-order valence-electron chi connectivity index (χ3n) is 2.41. The van der Waals surface area contributed by atoms with Crippen molar-refractivity contribution in [3.8, 4) is 0 Å². The molecule has 2 N–H and O–H groups in total. The van der Waals surface area contributed by atoms with Crippen molar-refractivity contribution in [3.63, 3.8) is 0 Å². The first-order valence-corrected chi connectivity index (χ1v) is 7.07. The van der Waals surface area contributed by atoms with E-state index in [1.807, 2.05) is 19.2 Å². The van der Waals surface area contributed by atoms with E-state index in [0.29, 0.717) is 6.54 Å². The molecule has 2 heterocycles. The maximum Gasteiger partial charge on any atom is 0.365 e. The fourth-order valence-electron chi connectivity index (χ4n) is 1.41. The maximum atomic E-state index is 10.7. The number of carbonyl (C=O) groups is 1. The molecule has 0 bridgehead atoms. The van der Waals surface area contributed by atoms with E-state index < -0.39 is 5.97 Å². The third-order valence-corrected chi connectivity index (χ3v) is 4.39. The lowest BCUT2D eigenvalue weighted by atomic mass is 10.1. The molecule has 0 aromatic carbocycles. The number of hydrogen-bond acceptors (Lipinski definition) is 6. The molecule has 96 valence electrons. The van der Waals surface area contributed by atoms with Crippen molar-refractivity contribution >= 4 is 28.6 Å². The monoisotopic (exact) mass is 283 g/mol. The van der Waals surface area contributed by atoms with Crippen molar-refractivity contribution in [1.29, 1.82) is 0 Å². The second kappa shape index (κ2) is 5.13. The molecule has 18 heavy (non-hydrogen) atoms. The van der Waals surface area contributed by atoms with Gasteiger partial charge in [-0.1, -0.05) is 0 Å². The van der Waals surface area contributed by atoms with Gasteiger partial charge in [-0.25, -0.2) is 14.8 Å². The van der Waals surface area contributed by atoms with Gasteiger partial charge in [-0.15, -0.1) is 22.7 Å². The Morgan fingerprint density at radius 2 is 2.28 bits per heavy atom. The Bertz CT molecular complexity index is 534. The van der Waals surface area contributed by atoms with Crippen LogP contribution in [0.3, 0.4) is 0 Å². The van der Waals surface area contributed by atoms with Crippen LogP contribution in [0.25, 0.3) is 0 Å². The molecule has 2 aromatic rings. The van der Waals surface area contributed by atoms with Gasteiger partial charge < -0.3 is 10.4 Å². The molecule has 5 nitrogen and oxygen atoms in total. The quantitative estimate of drug-likeness (QED) is 0.881. The van der Waals surface area contributed by atoms with Crippen LogP contribution in [0.2, 0.25) is 0 Å². The van der Waals surface area contributed by atoms with Crippen molar-refractivity contribution in [3.05, 3.63) is 32.7 Å². The smallest absolute Gasteiger partial charge is 0.365 e. The summed E-state index contributed by atoms with van der Waals surface area (Å²) in [5.41, 5.74) is 0.489. The van der Waals surface area contributed by atoms with Crippen molar-refractivity contribution < 1.29 is 9.90 Å². The summed E-state index contributed by atoms with van der Waals surface area (Å²) in [5.74, 6) is -0.981. The van der Waals surface area contributed by atoms with E-state index in [-0.39, 0.29) is 10.5 Å². The summed E-state index contributed by atoms with van der Waals surface area (Å²) in [5, 5.41) is 16.9. The molecule has 0 aliphatic rings. The molecule has 0 unspecified atom stereocenters. The van der Waals surface area contributed by atoms with Crippen LogP contribution in [-0.2, 0) is 12.1 Å². The Kier molecular flexibility index (Phi) is 3.74. The van der Waals surface area contributed by atoms with E-state index >= 15 is 0 Å². The van der Waals surface area contributed by atoms with Gasteiger partial charge in [-0.2, -0.15) is 0 Å². The molecule has 7 heteroatoms. The van der Waals surface area contributed by atoms with E-state index in [0.717, 1.165) is 22.0 Å². The van der Waals surface area contributed by atoms with Gasteiger partial charge in [0.2, 0.25) is 5.01 Å². The van der Waals surface area contributed by atoms with Crippen LogP contribution in [0, 0.1) is 0 Å². The summed E-state index contributed by atoms with van der Waals surface area (Å²) in [6, 6.07) is 0. The molecule has 0 radical (unpaired) electrons. The zero-order chi connectivity index (χ0) is 13.2. The highest BCUT2D eigenvalue weighted by Crippen LogP contribution is 2.22. The number of thiazole rings is 2. The Morgan fingerprint density at radius 3 is 2.83 bits per heavy atom. The van der Waals surface area contributed by atoms with Gasteiger partial charge in [-0.05, 0) is 13.8 Å². The largest absolute Gasteiger partial charge is 0.476 e. The van der Waals surface area contributed by atoms with Gasteiger partial charge in [-0.3, -0.25) is 0 Å². The minimum absolute atomic E-state index is 0.124. The number of rotatable bonds is 5. The number of carboxylic acid groups (broad SMARTS) is 1. The summed E-state index contributed by atoms with van der Waals surface area (Å²) in [6.45, 7) is 4.60. The highest BCUT2D eigenvalue weighted by Gasteiger charge is 2.22. The first kappa shape index (κ1) is 13.1. The van der Waals surface area contributed by atoms with Crippen molar-refractivity contribution in [2.24, 2.45) is 0 Å². The lowest BCUT2D eigenvalue weighted by Crippen LogP contribution is -2.35. The van der Waals surface area contributed by atoms with Gasteiger partial charge >= 0.3 is 5.97 Å². The number of aromatic nitrogens is 2. The predicted octanol–water partition coefficient (Wildman–Crippen LogP) is 2.32. The number of hydrogen-bond donors (Lipinski definition) is 2. The Balaban J connectivity index is 2.00. The normalized spacial score (nSPS) is 11.7. The van der Waals surface area contributed by atoms with Gasteiger partial charge in [0.25, 0.3) is 0 Å². The van der Waals surface area contributed by atoms with Crippen molar-refractivity contribution in [2.45, 2.75) is 25.9 Å². The Hall–Kier alpha value is -1.31. The average molecular weight is 283 g/mol. The molecule has 0 saturated heterocycles. The minimum Gasteiger partial charge on any atom is -0.476 e. The molecule has 0 atom stereocenters. The lowest BCUT2D eigenvalue weighted by Gasteiger charge is -2.23. The van der Waals surface area contributed by atoms with Crippen LogP contribution < -0.4 is 5.32 Å². The van der Waals surface area contributed by atoms with Crippen LogP contribution in [0.5, 0.6) is 0 Å². The fraction of sp³-hybridized carbons (Fsp3) is 0.364. The summed E-state index contributed by atoms with van der Waals surface area (Å²) >= 11 is 2.73. The highest BCUT2D eigenvalue weighted by atomic mass is 32.1. The van der Waals surface area contributed by atoms with Crippen LogP contribution in [0.1, 0.15) is 34.4 Å². The number of aromatic carboxylic acids is 1. The molecular formula is C11H13N3O2S2. The van der Waals surface area contributed by atoms with Crippen molar-refractivity contribution in [2.75, 3.05) is 0 Å². The standard InChI is InChI=1S/C11H13N3O2S2/c1-11(2,10-12-3-4-17-10)13-5-7-6-18-8(14-7)9(15)16/h3-4,6,13H,5H2,1-2H3,(H,15,16). The average Bonchev–Trinajstić information content (AvgIpc) is 2.98.